The van der Waals surface area contributed by atoms with Crippen molar-refractivity contribution in [1.82, 2.24) is 0 Å². The third kappa shape index (κ3) is 1.43. The van der Waals surface area contributed by atoms with Gasteiger partial charge in [0.2, 0.25) is 6.79 Å². The molecule has 0 saturated carbocycles. The number of hydrogen-bond donors (Lipinski definition) is 0. The third-order valence-electron chi connectivity index (χ3n) is 2.73. The first-order chi connectivity index (χ1) is 7.84. The molecular weight excluding hydrogens is 200 g/mol. The van der Waals surface area contributed by atoms with Gasteiger partial charge in [0.15, 0.2) is 11.5 Å². The molecule has 0 unspecified atom stereocenters. The fourth-order valence-electron chi connectivity index (χ4n) is 1.97. The molecule has 1 aliphatic rings. The van der Waals surface area contributed by atoms with E-state index in [-0.39, 0.29) is 0 Å². The number of aryl methyl sites for hydroxylation is 1. The zero-order valence-corrected chi connectivity index (χ0v) is 9.07. The van der Waals surface area contributed by atoms with E-state index in [4.69, 9.17) is 9.47 Å². The Morgan fingerprint density at radius 2 is 1.88 bits per heavy atom. The Hall–Kier alpha value is -1.96. The van der Waals surface area contributed by atoms with Crippen molar-refractivity contribution < 1.29 is 9.47 Å². The third-order valence-corrected chi connectivity index (χ3v) is 2.73. The smallest absolute Gasteiger partial charge is 0.231 e. The first kappa shape index (κ1) is 9.28. The van der Waals surface area contributed by atoms with Crippen LogP contribution in [0.2, 0.25) is 0 Å². The SMILES string of the molecule is Cc1cccc(-c2cccc3c2OCO3)c1. The van der Waals surface area contributed by atoms with Crippen molar-refractivity contribution in [3.63, 3.8) is 0 Å². The zero-order valence-electron chi connectivity index (χ0n) is 9.07. The van der Waals surface area contributed by atoms with Crippen LogP contribution in [0.15, 0.2) is 42.5 Å². The van der Waals surface area contributed by atoms with E-state index < -0.39 is 0 Å². The Morgan fingerprint density at radius 3 is 2.75 bits per heavy atom. The summed E-state index contributed by atoms with van der Waals surface area (Å²) in [7, 11) is 0. The van der Waals surface area contributed by atoms with Gasteiger partial charge in [0, 0.05) is 5.56 Å². The zero-order chi connectivity index (χ0) is 11.0. The summed E-state index contributed by atoms with van der Waals surface area (Å²) in [5.74, 6) is 1.69. The van der Waals surface area contributed by atoms with Crippen molar-refractivity contribution in [2.75, 3.05) is 6.79 Å². The van der Waals surface area contributed by atoms with Gasteiger partial charge in [-0.05, 0) is 18.6 Å². The standard InChI is InChI=1S/C14H12O2/c1-10-4-2-5-11(8-10)12-6-3-7-13-14(12)16-9-15-13/h2-8H,9H2,1H3. The van der Waals surface area contributed by atoms with Crippen LogP contribution in [-0.2, 0) is 0 Å². The molecule has 0 saturated heterocycles. The van der Waals surface area contributed by atoms with Crippen LogP contribution in [0.5, 0.6) is 11.5 Å². The maximum absolute atomic E-state index is 5.50. The largest absolute Gasteiger partial charge is 0.454 e. The molecule has 1 heterocycles. The van der Waals surface area contributed by atoms with E-state index in [1.54, 1.807) is 0 Å². The Morgan fingerprint density at radius 1 is 1.00 bits per heavy atom. The monoisotopic (exact) mass is 212 g/mol. The summed E-state index contributed by atoms with van der Waals surface area (Å²) in [6, 6.07) is 14.4. The molecule has 0 fully saturated rings. The average Bonchev–Trinajstić information content (AvgIpc) is 2.76. The molecule has 16 heavy (non-hydrogen) atoms. The summed E-state index contributed by atoms with van der Waals surface area (Å²) in [5.41, 5.74) is 3.51. The quantitative estimate of drug-likeness (QED) is 0.721. The first-order valence-electron chi connectivity index (χ1n) is 5.30. The molecule has 2 nitrogen and oxygen atoms in total. The van der Waals surface area contributed by atoms with Crippen molar-refractivity contribution in [2.45, 2.75) is 6.92 Å². The number of benzene rings is 2. The minimum atomic E-state index is 0.318. The van der Waals surface area contributed by atoms with Crippen LogP contribution in [0, 0.1) is 6.92 Å². The summed E-state index contributed by atoms with van der Waals surface area (Å²) in [4.78, 5) is 0. The summed E-state index contributed by atoms with van der Waals surface area (Å²) in [5, 5.41) is 0. The van der Waals surface area contributed by atoms with Gasteiger partial charge in [-0.15, -0.1) is 0 Å². The highest BCUT2D eigenvalue weighted by Gasteiger charge is 2.17. The summed E-state index contributed by atoms with van der Waals surface area (Å²) < 4.78 is 10.9. The molecule has 0 N–H and O–H groups in total. The molecule has 80 valence electrons. The molecule has 2 heteroatoms. The lowest BCUT2D eigenvalue weighted by molar-refractivity contribution is 0.174. The molecule has 1 aliphatic heterocycles. The van der Waals surface area contributed by atoms with Crippen molar-refractivity contribution >= 4 is 0 Å². The van der Waals surface area contributed by atoms with Gasteiger partial charge in [-0.25, -0.2) is 0 Å². The number of fused-ring (bicyclic) bond motifs is 1. The Kier molecular flexibility index (Phi) is 2.07. The maximum atomic E-state index is 5.50. The molecule has 0 amide bonds. The number of rotatable bonds is 1. The molecule has 0 atom stereocenters. The van der Waals surface area contributed by atoms with Crippen LogP contribution in [0.25, 0.3) is 11.1 Å². The highest BCUT2D eigenvalue weighted by atomic mass is 16.7. The normalized spacial score (nSPS) is 12.8. The minimum absolute atomic E-state index is 0.318. The number of para-hydroxylation sites is 1. The van der Waals surface area contributed by atoms with Gasteiger partial charge in [-0.2, -0.15) is 0 Å². The van der Waals surface area contributed by atoms with Crippen molar-refractivity contribution in [3.8, 4) is 22.6 Å². The lowest BCUT2D eigenvalue weighted by Gasteiger charge is -2.06. The van der Waals surface area contributed by atoms with Crippen LogP contribution in [0.1, 0.15) is 5.56 Å². The van der Waals surface area contributed by atoms with Gasteiger partial charge in [-0.3, -0.25) is 0 Å². The molecule has 2 aromatic rings. The van der Waals surface area contributed by atoms with Gasteiger partial charge in [0.05, 0.1) is 0 Å². The Labute approximate surface area is 94.4 Å². The van der Waals surface area contributed by atoms with Gasteiger partial charge >= 0.3 is 0 Å². The summed E-state index contributed by atoms with van der Waals surface area (Å²) in [6.45, 7) is 2.40. The van der Waals surface area contributed by atoms with Crippen LogP contribution >= 0.6 is 0 Å². The van der Waals surface area contributed by atoms with Crippen LogP contribution in [0.4, 0.5) is 0 Å². The first-order valence-corrected chi connectivity index (χ1v) is 5.30. The Bertz CT molecular complexity index is 532. The fraction of sp³-hybridized carbons (Fsp3) is 0.143. The topological polar surface area (TPSA) is 18.5 Å². The lowest BCUT2D eigenvalue weighted by atomic mass is 10.0. The van der Waals surface area contributed by atoms with Gasteiger partial charge < -0.3 is 9.47 Å². The molecule has 2 aromatic carbocycles. The predicted octanol–water partition coefficient (Wildman–Crippen LogP) is 3.39. The van der Waals surface area contributed by atoms with Gasteiger partial charge in [0.1, 0.15) is 0 Å². The average molecular weight is 212 g/mol. The van der Waals surface area contributed by atoms with Gasteiger partial charge in [0.25, 0.3) is 0 Å². The summed E-state index contributed by atoms with van der Waals surface area (Å²) >= 11 is 0. The molecule has 0 aromatic heterocycles. The van der Waals surface area contributed by atoms with Gasteiger partial charge in [-0.1, -0.05) is 42.0 Å². The van der Waals surface area contributed by atoms with E-state index in [9.17, 15) is 0 Å². The van der Waals surface area contributed by atoms with E-state index in [2.05, 4.69) is 37.3 Å². The van der Waals surface area contributed by atoms with E-state index in [0.717, 1.165) is 17.1 Å². The summed E-state index contributed by atoms with van der Waals surface area (Å²) in [6.07, 6.45) is 0. The molecular formula is C14H12O2. The van der Waals surface area contributed by atoms with E-state index >= 15 is 0 Å². The second-order valence-corrected chi connectivity index (χ2v) is 3.91. The second kappa shape index (κ2) is 3.56. The predicted molar refractivity (Wildman–Crippen MR) is 62.7 cm³/mol. The molecule has 0 radical (unpaired) electrons. The Balaban J connectivity index is 2.17. The fourth-order valence-corrected chi connectivity index (χ4v) is 1.97. The van der Waals surface area contributed by atoms with Crippen LogP contribution in [0.3, 0.4) is 0 Å². The molecule has 0 spiro atoms. The maximum Gasteiger partial charge on any atom is 0.231 e. The van der Waals surface area contributed by atoms with Crippen LogP contribution in [-0.4, -0.2) is 6.79 Å². The highest BCUT2D eigenvalue weighted by Crippen LogP contribution is 2.41. The van der Waals surface area contributed by atoms with Crippen molar-refractivity contribution in [2.24, 2.45) is 0 Å². The number of ether oxygens (including phenoxy) is 2. The van der Waals surface area contributed by atoms with Crippen molar-refractivity contribution in [1.29, 1.82) is 0 Å². The number of hydrogen-bond acceptors (Lipinski definition) is 2. The molecule has 3 rings (SSSR count). The molecule has 0 bridgehead atoms. The van der Waals surface area contributed by atoms with E-state index in [1.165, 1.54) is 11.1 Å². The van der Waals surface area contributed by atoms with E-state index in [1.807, 2.05) is 12.1 Å². The molecule has 0 aliphatic carbocycles. The minimum Gasteiger partial charge on any atom is -0.454 e. The van der Waals surface area contributed by atoms with E-state index in [0.29, 0.717) is 6.79 Å². The highest BCUT2D eigenvalue weighted by molar-refractivity contribution is 5.74. The second-order valence-electron chi connectivity index (χ2n) is 3.91. The van der Waals surface area contributed by atoms with Crippen molar-refractivity contribution in [3.05, 3.63) is 48.0 Å². The lowest BCUT2D eigenvalue weighted by Crippen LogP contribution is -1.93. The van der Waals surface area contributed by atoms with Crippen LogP contribution < -0.4 is 9.47 Å².